The molecule has 2 saturated carbocycles. The third-order valence-corrected chi connectivity index (χ3v) is 12.6. The summed E-state index contributed by atoms with van der Waals surface area (Å²) in [7, 11) is -1.49. The van der Waals surface area contributed by atoms with Crippen molar-refractivity contribution in [2.75, 3.05) is 5.32 Å². The van der Waals surface area contributed by atoms with Crippen molar-refractivity contribution in [1.29, 1.82) is 10.5 Å². The lowest BCUT2D eigenvalue weighted by molar-refractivity contribution is 0.123. The molecule has 9 aromatic rings. The molecular formula is C51H48BBrCl2N14O4. The van der Waals surface area contributed by atoms with E-state index in [1.54, 1.807) is 92.8 Å². The largest absolute Gasteiger partial charge is 0.487 e. The lowest BCUT2D eigenvalue weighted by Gasteiger charge is -2.26. The second-order valence-corrected chi connectivity index (χ2v) is 18.5. The number of hydrogen-bond acceptors (Lipinski definition) is 14. The Morgan fingerprint density at radius 3 is 1.67 bits per heavy atom. The zero-order valence-electron chi connectivity index (χ0n) is 39.0. The Balaban J connectivity index is 0.000000142. The van der Waals surface area contributed by atoms with Gasteiger partial charge in [-0.05, 0) is 133 Å². The second kappa shape index (κ2) is 25.9. The third-order valence-electron chi connectivity index (χ3n) is 11.6. The Morgan fingerprint density at radius 2 is 1.14 bits per heavy atom. The maximum Gasteiger partial charge on any atom is 0.487 e. The van der Waals surface area contributed by atoms with E-state index in [4.69, 9.17) is 61.2 Å². The highest BCUT2D eigenvalue weighted by Gasteiger charge is 2.20. The van der Waals surface area contributed by atoms with Crippen molar-refractivity contribution in [2.45, 2.75) is 75.7 Å². The Morgan fingerprint density at radius 1 is 0.644 bits per heavy atom. The molecule has 22 heteroatoms. The van der Waals surface area contributed by atoms with Gasteiger partial charge in [-0.15, -0.1) is 5.10 Å². The number of nitriles is 2. The predicted octanol–water partition coefficient (Wildman–Crippen LogP) is 8.22. The van der Waals surface area contributed by atoms with Crippen LogP contribution in [-0.2, 0) is 0 Å². The summed E-state index contributed by atoms with van der Waals surface area (Å²) in [5.41, 5.74) is 13.3. The fourth-order valence-corrected chi connectivity index (χ4v) is 8.44. The van der Waals surface area contributed by atoms with Gasteiger partial charge in [-0.3, -0.25) is 0 Å². The molecule has 18 nitrogen and oxygen atoms in total. The highest BCUT2D eigenvalue weighted by molar-refractivity contribution is 9.10. The molecule has 0 atom stereocenters. The van der Waals surface area contributed by atoms with Gasteiger partial charge in [0.05, 0.1) is 72.0 Å². The lowest BCUT2D eigenvalue weighted by atomic mass is 9.80. The number of rotatable bonds is 5. The van der Waals surface area contributed by atoms with Crippen molar-refractivity contribution >= 4 is 80.2 Å². The molecule has 11 rings (SSSR count). The standard InChI is InChI=1S/C19H19N5O.C13H7ClN4.C7H6BNO2.C6H3BrClN3.C6H13NO/c20-11-13-2-1-3-14(10-13)17-12-21-19-9-8-18(23-24(17)19)22-15-4-6-16(25)7-5-15;14-12-4-5-13-16-8-11(18(13)17-12)10-3-1-2-9(6-10)7-15;1-9-7-4-2-3-6(5-7)8(10)11;7-4-3-9-6-2-1-5(8)10-11(4)6;7-5-1-3-6(8)4-2-5/h1-3,8-10,12,15-16,25H,4-7H2,(H,22,23);1-6,8H;2-5,10-11H;1-3H;5-6,8H,1-4,7H2. The van der Waals surface area contributed by atoms with E-state index in [-0.39, 0.29) is 12.2 Å². The molecule has 0 bridgehead atoms. The Kier molecular flexibility index (Phi) is 19.0. The molecule has 2 aliphatic rings. The quantitative estimate of drug-likeness (QED) is 0.0701. The van der Waals surface area contributed by atoms with E-state index in [9.17, 15) is 5.11 Å². The monoisotopic (exact) mass is 1080 g/mol. The molecule has 2 aliphatic carbocycles. The minimum atomic E-state index is -1.49. The minimum absolute atomic E-state index is 0.0604. The molecule has 6 aromatic heterocycles. The molecule has 370 valence electrons. The van der Waals surface area contributed by atoms with Crippen LogP contribution in [0.5, 0.6) is 0 Å². The first kappa shape index (κ1) is 53.5. The first-order valence-corrected chi connectivity index (χ1v) is 24.6. The van der Waals surface area contributed by atoms with Crippen LogP contribution in [0.25, 0.3) is 44.3 Å². The fourth-order valence-electron chi connectivity index (χ4n) is 7.80. The number of aromatic nitrogens is 9. The van der Waals surface area contributed by atoms with Crippen LogP contribution < -0.4 is 16.5 Å². The fraction of sp³-hybridized carbons (Fsp3) is 0.235. The number of aliphatic hydroxyl groups is 2. The minimum Gasteiger partial charge on any atom is -0.423 e. The van der Waals surface area contributed by atoms with Gasteiger partial charge < -0.3 is 31.3 Å². The second-order valence-electron chi connectivity index (χ2n) is 16.9. The maximum atomic E-state index is 9.63. The Bertz CT molecular complexity index is 3400. The molecule has 0 saturated heterocycles. The number of halogens is 3. The molecular weight excluding hydrogens is 1030 g/mol. The molecule has 73 heavy (non-hydrogen) atoms. The topological polar surface area (TPSA) is 261 Å². The van der Waals surface area contributed by atoms with E-state index in [1.807, 2.05) is 42.5 Å². The van der Waals surface area contributed by atoms with Gasteiger partial charge in [0.15, 0.2) is 22.6 Å². The van der Waals surface area contributed by atoms with Crippen LogP contribution in [0.1, 0.15) is 62.5 Å². The zero-order chi connectivity index (χ0) is 51.9. The van der Waals surface area contributed by atoms with Crippen LogP contribution in [0.4, 0.5) is 11.5 Å². The Hall–Kier alpha value is -7.29. The van der Waals surface area contributed by atoms with Gasteiger partial charge in [-0.1, -0.05) is 71.7 Å². The number of nitrogens with two attached hydrogens (primary N) is 1. The summed E-state index contributed by atoms with van der Waals surface area (Å²) in [4.78, 5) is 15.9. The van der Waals surface area contributed by atoms with Gasteiger partial charge in [-0.2, -0.15) is 20.7 Å². The maximum absolute atomic E-state index is 9.63. The van der Waals surface area contributed by atoms with Gasteiger partial charge in [-0.25, -0.2) is 33.3 Å². The average Bonchev–Trinajstić information content (AvgIpc) is 4.15. The highest BCUT2D eigenvalue weighted by atomic mass is 79.9. The number of benzene rings is 3. The van der Waals surface area contributed by atoms with Crippen LogP contribution in [0.3, 0.4) is 0 Å². The van der Waals surface area contributed by atoms with Gasteiger partial charge >= 0.3 is 7.12 Å². The van der Waals surface area contributed by atoms with Crippen molar-refractivity contribution in [2.24, 2.45) is 5.73 Å². The summed E-state index contributed by atoms with van der Waals surface area (Å²) in [6.07, 6.45) is 12.3. The number of anilines is 1. The van der Waals surface area contributed by atoms with E-state index in [2.05, 4.69) is 68.5 Å². The van der Waals surface area contributed by atoms with Gasteiger partial charge in [0, 0.05) is 23.2 Å². The number of nitrogens with one attached hydrogen (secondary N) is 1. The van der Waals surface area contributed by atoms with E-state index in [0.717, 1.165) is 101 Å². The zero-order valence-corrected chi connectivity index (χ0v) is 42.1. The molecule has 2 fully saturated rings. The molecule has 0 unspecified atom stereocenters. The van der Waals surface area contributed by atoms with Crippen LogP contribution >= 0.6 is 39.1 Å². The SMILES string of the molecule is Clc1ccc2ncc(Br)n2n1.N#Cc1cccc(-c2cnc3ccc(Cl)nn23)c1.N#Cc1cccc(-c2cnc3ccc(NC4CCC(O)CC4)nn23)c1.NC1CCC(O)CC1.[C-]#[N+]c1cccc(B(O)O)c1. The number of imidazole rings is 3. The van der Waals surface area contributed by atoms with E-state index in [1.165, 1.54) is 6.07 Å². The smallest absolute Gasteiger partial charge is 0.423 e. The van der Waals surface area contributed by atoms with E-state index in [0.29, 0.717) is 44.7 Å². The Labute approximate surface area is 439 Å². The van der Waals surface area contributed by atoms with Crippen molar-refractivity contribution < 1.29 is 20.3 Å². The molecule has 7 N–H and O–H groups in total. The summed E-state index contributed by atoms with van der Waals surface area (Å²) in [6.45, 7) is 6.64. The number of aliphatic hydroxyl groups excluding tert-OH is 2. The van der Waals surface area contributed by atoms with Crippen LogP contribution in [-0.4, -0.2) is 95.5 Å². The first-order valence-electron chi connectivity index (χ1n) is 23.0. The van der Waals surface area contributed by atoms with Gasteiger partial charge in [0.2, 0.25) is 0 Å². The van der Waals surface area contributed by atoms with Crippen molar-refractivity contribution in [1.82, 2.24) is 43.8 Å². The average molecular weight is 1080 g/mol. The molecule has 3 aromatic carbocycles. The molecule has 0 spiro atoms. The van der Waals surface area contributed by atoms with Crippen LogP contribution in [0, 0.1) is 29.2 Å². The van der Waals surface area contributed by atoms with Crippen LogP contribution in [0.15, 0.2) is 132 Å². The summed E-state index contributed by atoms with van der Waals surface area (Å²) < 4.78 is 5.90. The number of fused-ring (bicyclic) bond motifs is 3. The molecule has 0 radical (unpaired) electrons. The molecule has 6 heterocycles. The summed E-state index contributed by atoms with van der Waals surface area (Å²) >= 11 is 14.8. The summed E-state index contributed by atoms with van der Waals surface area (Å²) in [5, 5.41) is 71.2. The summed E-state index contributed by atoms with van der Waals surface area (Å²) in [6, 6.07) is 36.8. The molecule has 0 aliphatic heterocycles. The van der Waals surface area contributed by atoms with Crippen molar-refractivity contribution in [3.05, 3.63) is 165 Å². The normalized spacial score (nSPS) is 16.8. The van der Waals surface area contributed by atoms with Crippen LogP contribution in [0.2, 0.25) is 10.3 Å². The third kappa shape index (κ3) is 14.9. The highest BCUT2D eigenvalue weighted by Crippen LogP contribution is 2.26. The van der Waals surface area contributed by atoms with E-state index >= 15 is 0 Å². The number of hydrogen-bond donors (Lipinski definition) is 6. The van der Waals surface area contributed by atoms with Crippen molar-refractivity contribution in [3.63, 3.8) is 0 Å². The lowest BCUT2D eigenvalue weighted by Crippen LogP contribution is -2.29. The molecule has 0 amide bonds. The van der Waals surface area contributed by atoms with E-state index < -0.39 is 7.12 Å². The van der Waals surface area contributed by atoms with Gasteiger partial charge in [0.1, 0.15) is 20.7 Å². The van der Waals surface area contributed by atoms with Crippen molar-refractivity contribution in [3.8, 4) is 34.7 Å². The number of nitrogens with zero attached hydrogens (tertiary/aromatic N) is 12. The first-order chi connectivity index (χ1) is 35.3. The van der Waals surface area contributed by atoms with Gasteiger partial charge in [0.25, 0.3) is 0 Å². The predicted molar refractivity (Wildman–Crippen MR) is 284 cm³/mol. The summed E-state index contributed by atoms with van der Waals surface area (Å²) in [5.74, 6) is 0.796.